The van der Waals surface area contributed by atoms with E-state index in [1.807, 2.05) is 0 Å². The highest BCUT2D eigenvalue weighted by atomic mass is 35.5. The van der Waals surface area contributed by atoms with Gasteiger partial charge in [-0.05, 0) is 36.4 Å². The van der Waals surface area contributed by atoms with Crippen LogP contribution >= 0.6 is 11.6 Å². The van der Waals surface area contributed by atoms with Gasteiger partial charge in [-0.2, -0.15) is 13.2 Å². The van der Waals surface area contributed by atoms with Gasteiger partial charge >= 0.3 is 6.18 Å². The molecule has 27 heavy (non-hydrogen) atoms. The number of rotatable bonds is 4. The first-order chi connectivity index (χ1) is 12.7. The van der Waals surface area contributed by atoms with Crippen LogP contribution in [0.15, 0.2) is 48.8 Å². The molecule has 0 aliphatic rings. The molecule has 10 heteroatoms. The molecule has 2 aromatic carbocycles. The molecule has 1 aromatic heterocycles. The highest BCUT2D eigenvalue weighted by molar-refractivity contribution is 6.31. The van der Waals surface area contributed by atoms with E-state index >= 15 is 0 Å². The van der Waals surface area contributed by atoms with Crippen LogP contribution in [0.4, 0.5) is 46.3 Å². The number of nitrogen functional groups attached to an aromatic ring is 1. The van der Waals surface area contributed by atoms with Crippen LogP contribution in [0.3, 0.4) is 0 Å². The molecule has 0 amide bonds. The van der Waals surface area contributed by atoms with Crippen LogP contribution in [-0.2, 0) is 6.18 Å². The molecule has 1 heterocycles. The largest absolute Gasteiger partial charge is 0.416 e. The molecule has 3 rings (SSSR count). The minimum Gasteiger partial charge on any atom is -0.393 e. The summed E-state index contributed by atoms with van der Waals surface area (Å²) in [6.45, 7) is 0. The summed E-state index contributed by atoms with van der Waals surface area (Å²) in [5, 5.41) is 5.50. The average molecular weight is 398 g/mol. The maximum Gasteiger partial charge on any atom is 0.416 e. The molecule has 0 saturated carbocycles. The van der Waals surface area contributed by atoms with Gasteiger partial charge in [0.15, 0.2) is 11.6 Å². The van der Waals surface area contributed by atoms with E-state index in [2.05, 4.69) is 20.6 Å². The first-order valence-electron chi connectivity index (χ1n) is 7.51. The Morgan fingerprint density at radius 1 is 0.926 bits per heavy atom. The van der Waals surface area contributed by atoms with E-state index in [1.165, 1.54) is 36.7 Å². The number of hydrogen-bond acceptors (Lipinski definition) is 5. The lowest BCUT2D eigenvalue weighted by atomic mass is 10.2. The van der Waals surface area contributed by atoms with Crippen molar-refractivity contribution in [1.82, 2.24) is 9.97 Å². The SMILES string of the molecule is Nc1c(Nc2cccc(C(F)(F)F)c2)ncnc1Nc1ccc(F)c(Cl)c1. The second-order valence-corrected chi connectivity index (χ2v) is 5.85. The molecule has 0 saturated heterocycles. The summed E-state index contributed by atoms with van der Waals surface area (Å²) in [5.41, 5.74) is 5.84. The van der Waals surface area contributed by atoms with Crippen molar-refractivity contribution in [3.05, 3.63) is 65.2 Å². The second kappa shape index (κ2) is 7.28. The smallest absolute Gasteiger partial charge is 0.393 e. The Kier molecular flexibility index (Phi) is 5.04. The fraction of sp³-hybridized carbons (Fsp3) is 0.0588. The number of alkyl halides is 3. The molecule has 0 spiro atoms. The van der Waals surface area contributed by atoms with Crippen molar-refractivity contribution in [2.24, 2.45) is 0 Å². The maximum atomic E-state index is 13.2. The fourth-order valence-corrected chi connectivity index (χ4v) is 2.40. The third kappa shape index (κ3) is 4.37. The van der Waals surface area contributed by atoms with Crippen molar-refractivity contribution in [2.45, 2.75) is 6.18 Å². The molecule has 140 valence electrons. The number of hydrogen-bond donors (Lipinski definition) is 3. The van der Waals surface area contributed by atoms with Crippen LogP contribution in [0, 0.1) is 5.82 Å². The van der Waals surface area contributed by atoms with Crippen molar-refractivity contribution in [1.29, 1.82) is 0 Å². The highest BCUT2D eigenvalue weighted by Gasteiger charge is 2.30. The molecule has 0 aliphatic heterocycles. The van der Waals surface area contributed by atoms with Gasteiger partial charge in [-0.15, -0.1) is 0 Å². The molecule has 3 aromatic rings. The highest BCUT2D eigenvalue weighted by Crippen LogP contribution is 2.33. The molecule has 5 nitrogen and oxygen atoms in total. The third-order valence-electron chi connectivity index (χ3n) is 3.52. The molecule has 0 bridgehead atoms. The van der Waals surface area contributed by atoms with Gasteiger partial charge in [0.25, 0.3) is 0 Å². The van der Waals surface area contributed by atoms with E-state index in [-0.39, 0.29) is 28.0 Å². The van der Waals surface area contributed by atoms with Crippen LogP contribution in [0.5, 0.6) is 0 Å². The molecule has 4 N–H and O–H groups in total. The maximum absolute atomic E-state index is 13.2. The Balaban J connectivity index is 1.86. The Bertz CT molecular complexity index is 978. The lowest BCUT2D eigenvalue weighted by Gasteiger charge is -2.14. The van der Waals surface area contributed by atoms with Crippen LogP contribution < -0.4 is 16.4 Å². The number of aromatic nitrogens is 2. The van der Waals surface area contributed by atoms with Crippen molar-refractivity contribution in [2.75, 3.05) is 16.4 Å². The van der Waals surface area contributed by atoms with E-state index in [9.17, 15) is 17.6 Å². The average Bonchev–Trinajstić information content (AvgIpc) is 2.61. The zero-order chi connectivity index (χ0) is 19.6. The van der Waals surface area contributed by atoms with Crippen molar-refractivity contribution < 1.29 is 17.6 Å². The number of nitrogens with zero attached hydrogens (tertiary/aromatic N) is 2. The molecule has 0 unspecified atom stereocenters. The van der Waals surface area contributed by atoms with Crippen LogP contribution in [-0.4, -0.2) is 9.97 Å². The van der Waals surface area contributed by atoms with Gasteiger partial charge in [0.1, 0.15) is 17.8 Å². The molecule has 0 aliphatic carbocycles. The quantitative estimate of drug-likeness (QED) is 0.517. The van der Waals surface area contributed by atoms with Gasteiger partial charge < -0.3 is 16.4 Å². The number of nitrogens with two attached hydrogens (primary N) is 1. The lowest BCUT2D eigenvalue weighted by molar-refractivity contribution is -0.137. The summed E-state index contributed by atoms with van der Waals surface area (Å²) < 4.78 is 51.7. The van der Waals surface area contributed by atoms with E-state index in [0.717, 1.165) is 12.1 Å². The summed E-state index contributed by atoms with van der Waals surface area (Å²) >= 11 is 5.73. The number of halogens is 5. The Morgan fingerprint density at radius 3 is 2.15 bits per heavy atom. The van der Waals surface area contributed by atoms with E-state index in [1.54, 1.807) is 0 Å². The Labute approximate surface area is 156 Å². The number of anilines is 5. The normalized spacial score (nSPS) is 11.3. The van der Waals surface area contributed by atoms with Crippen molar-refractivity contribution in [3.8, 4) is 0 Å². The summed E-state index contributed by atoms with van der Waals surface area (Å²) in [4.78, 5) is 7.93. The van der Waals surface area contributed by atoms with Crippen molar-refractivity contribution >= 4 is 40.3 Å². The molecule has 0 atom stereocenters. The minimum absolute atomic E-state index is 0.0651. The lowest BCUT2D eigenvalue weighted by Crippen LogP contribution is -2.07. The molecular weight excluding hydrogens is 386 g/mol. The topological polar surface area (TPSA) is 75.9 Å². The summed E-state index contributed by atoms with van der Waals surface area (Å²) in [6.07, 6.45) is -3.29. The second-order valence-electron chi connectivity index (χ2n) is 5.44. The van der Waals surface area contributed by atoms with Gasteiger partial charge in [-0.3, -0.25) is 0 Å². The van der Waals surface area contributed by atoms with Gasteiger partial charge in [-0.25, -0.2) is 14.4 Å². The zero-order valence-corrected chi connectivity index (χ0v) is 14.2. The molecule has 0 fully saturated rings. The summed E-state index contributed by atoms with van der Waals surface area (Å²) in [7, 11) is 0. The van der Waals surface area contributed by atoms with Gasteiger partial charge in [0, 0.05) is 11.4 Å². The zero-order valence-electron chi connectivity index (χ0n) is 13.5. The summed E-state index contributed by atoms with van der Waals surface area (Å²) in [5.74, 6) is -0.285. The first kappa shape index (κ1) is 18.7. The van der Waals surface area contributed by atoms with Gasteiger partial charge in [-0.1, -0.05) is 17.7 Å². The van der Waals surface area contributed by atoms with Crippen LogP contribution in [0.25, 0.3) is 0 Å². The summed E-state index contributed by atoms with van der Waals surface area (Å²) in [6, 6.07) is 8.56. The fourth-order valence-electron chi connectivity index (χ4n) is 2.22. The van der Waals surface area contributed by atoms with Crippen LogP contribution in [0.2, 0.25) is 5.02 Å². The van der Waals surface area contributed by atoms with Crippen molar-refractivity contribution in [3.63, 3.8) is 0 Å². The molecule has 0 radical (unpaired) electrons. The van der Waals surface area contributed by atoms with Crippen LogP contribution in [0.1, 0.15) is 5.56 Å². The standard InChI is InChI=1S/C17H12ClF4N5/c18-12-7-11(4-5-13(12)19)27-16-14(23)15(24-8-25-16)26-10-3-1-2-9(6-10)17(20,21)22/h1-8H,23H2,(H2,24,25,26,27). The monoisotopic (exact) mass is 397 g/mol. The van der Waals surface area contributed by atoms with E-state index in [4.69, 9.17) is 17.3 Å². The minimum atomic E-state index is -4.47. The van der Waals surface area contributed by atoms with Gasteiger partial charge in [0.2, 0.25) is 0 Å². The number of benzene rings is 2. The van der Waals surface area contributed by atoms with E-state index in [0.29, 0.717) is 5.69 Å². The molecular formula is C17H12ClF4N5. The number of nitrogens with one attached hydrogen (secondary N) is 2. The third-order valence-corrected chi connectivity index (χ3v) is 3.81. The van der Waals surface area contributed by atoms with E-state index < -0.39 is 17.6 Å². The van der Waals surface area contributed by atoms with Gasteiger partial charge in [0.05, 0.1) is 10.6 Å². The Morgan fingerprint density at radius 2 is 1.56 bits per heavy atom. The predicted octanol–water partition coefficient (Wildman–Crippen LogP) is 5.36. The Hall–Kier alpha value is -3.07. The first-order valence-corrected chi connectivity index (χ1v) is 7.88. The predicted molar refractivity (Wildman–Crippen MR) is 95.9 cm³/mol.